The molecule has 3 atom stereocenters. The predicted molar refractivity (Wildman–Crippen MR) is 138 cm³/mol. The lowest BCUT2D eigenvalue weighted by Crippen LogP contribution is -2.49. The van der Waals surface area contributed by atoms with Gasteiger partial charge in [0, 0.05) is 29.8 Å². The Morgan fingerprint density at radius 2 is 2.05 bits per heavy atom. The van der Waals surface area contributed by atoms with Gasteiger partial charge in [0.25, 0.3) is 5.91 Å². The van der Waals surface area contributed by atoms with Crippen molar-refractivity contribution in [2.45, 2.75) is 51.1 Å². The molecule has 2 heterocycles. The first-order chi connectivity index (χ1) is 17.9. The molecule has 8 nitrogen and oxygen atoms in total. The summed E-state index contributed by atoms with van der Waals surface area (Å²) in [6.45, 7) is 2.36. The number of methoxy groups -OCH3 is 1. The maximum Gasteiger partial charge on any atom is 0.271 e. The average Bonchev–Trinajstić information content (AvgIpc) is 3.53. The molecule has 0 bridgehead atoms. The van der Waals surface area contributed by atoms with E-state index >= 15 is 0 Å². The van der Waals surface area contributed by atoms with E-state index in [1.807, 2.05) is 43.3 Å². The van der Waals surface area contributed by atoms with Crippen molar-refractivity contribution in [3.8, 4) is 11.8 Å². The van der Waals surface area contributed by atoms with Crippen LogP contribution >= 0.6 is 0 Å². The molecule has 2 aromatic carbocycles. The number of Topliss-reactive ketones (excluding diaryl/α,β-unsaturated/α-hetero) is 1. The van der Waals surface area contributed by atoms with Gasteiger partial charge in [-0.3, -0.25) is 14.4 Å². The number of rotatable bonds is 6. The predicted octanol–water partition coefficient (Wildman–Crippen LogP) is 3.99. The molecule has 0 saturated heterocycles. The Morgan fingerprint density at radius 1 is 1.24 bits per heavy atom. The fourth-order valence-electron chi connectivity index (χ4n) is 5.74. The standard InChI is InChI=1S/C29H30N4O4/c1-17-6-3-8-21-20(17)12-13-33(29(36)24-15-22-23(32-24)9-5-11-26(22)37-2)27(21)28(35)31-19(16-30)14-18-7-4-10-25(18)34/h3,5-6,8-9,11,15,18-19,27,32H,4,7,10,12-14H2,1-2H3,(H,31,35). The van der Waals surface area contributed by atoms with E-state index in [0.29, 0.717) is 37.3 Å². The number of ether oxygens (including phenoxy) is 1. The highest BCUT2D eigenvalue weighted by Gasteiger charge is 2.38. The second-order valence-electron chi connectivity index (χ2n) is 9.88. The molecule has 1 aromatic heterocycles. The fourth-order valence-corrected chi connectivity index (χ4v) is 5.74. The van der Waals surface area contributed by atoms with E-state index in [1.54, 1.807) is 18.1 Å². The van der Waals surface area contributed by atoms with Crippen LogP contribution in [0.4, 0.5) is 0 Å². The third kappa shape index (κ3) is 4.57. The molecular formula is C29H30N4O4. The highest BCUT2D eigenvalue weighted by molar-refractivity contribution is 6.02. The molecule has 8 heteroatoms. The fraction of sp³-hybridized carbons (Fsp3) is 0.379. The number of ketones is 1. The van der Waals surface area contributed by atoms with Crippen molar-refractivity contribution in [3.63, 3.8) is 0 Å². The SMILES string of the molecule is COc1cccc2[nH]c(C(=O)N3CCc4c(C)cccc4C3C(=O)NC(C#N)CC3CCCC3=O)cc12. The highest BCUT2D eigenvalue weighted by atomic mass is 16.5. The summed E-state index contributed by atoms with van der Waals surface area (Å²) in [4.78, 5) is 44.5. The average molecular weight is 499 g/mol. The van der Waals surface area contributed by atoms with E-state index in [0.717, 1.165) is 40.4 Å². The number of hydrogen-bond acceptors (Lipinski definition) is 5. The van der Waals surface area contributed by atoms with E-state index in [2.05, 4.69) is 16.4 Å². The maximum absolute atomic E-state index is 13.8. The smallest absolute Gasteiger partial charge is 0.271 e. The summed E-state index contributed by atoms with van der Waals surface area (Å²) in [6, 6.07) is 13.5. The molecule has 0 radical (unpaired) electrons. The summed E-state index contributed by atoms with van der Waals surface area (Å²) < 4.78 is 5.44. The van der Waals surface area contributed by atoms with E-state index in [1.165, 1.54) is 0 Å². The first-order valence-corrected chi connectivity index (χ1v) is 12.7. The van der Waals surface area contributed by atoms with Gasteiger partial charge in [-0.05, 0) is 67.5 Å². The van der Waals surface area contributed by atoms with Crippen molar-refractivity contribution < 1.29 is 19.1 Å². The molecule has 2 N–H and O–H groups in total. The number of H-pyrrole nitrogens is 1. The molecule has 1 aliphatic carbocycles. The minimum Gasteiger partial charge on any atom is -0.496 e. The maximum atomic E-state index is 13.8. The van der Waals surface area contributed by atoms with E-state index in [4.69, 9.17) is 4.74 Å². The van der Waals surface area contributed by atoms with Gasteiger partial charge >= 0.3 is 0 Å². The second kappa shape index (κ2) is 10.1. The monoisotopic (exact) mass is 498 g/mol. The molecule has 1 saturated carbocycles. The molecule has 1 fully saturated rings. The van der Waals surface area contributed by atoms with Crippen LogP contribution in [-0.2, 0) is 16.0 Å². The molecule has 190 valence electrons. The topological polar surface area (TPSA) is 115 Å². The number of aryl methyl sites for hydroxylation is 1. The Morgan fingerprint density at radius 3 is 2.78 bits per heavy atom. The minimum absolute atomic E-state index is 0.152. The Balaban J connectivity index is 1.47. The van der Waals surface area contributed by atoms with Gasteiger partial charge in [0.15, 0.2) is 0 Å². The molecule has 3 aromatic rings. The van der Waals surface area contributed by atoms with Gasteiger partial charge in [-0.1, -0.05) is 24.3 Å². The van der Waals surface area contributed by atoms with Crippen LogP contribution in [-0.4, -0.2) is 47.2 Å². The number of amides is 2. The Hall–Kier alpha value is -4.12. The zero-order valence-electron chi connectivity index (χ0n) is 21.0. The van der Waals surface area contributed by atoms with Crippen molar-refractivity contribution in [1.29, 1.82) is 5.26 Å². The quantitative estimate of drug-likeness (QED) is 0.533. The van der Waals surface area contributed by atoms with Gasteiger partial charge in [-0.25, -0.2) is 0 Å². The molecular weight excluding hydrogens is 468 g/mol. The number of nitriles is 1. The number of nitrogens with zero attached hydrogens (tertiary/aromatic N) is 2. The first kappa shape index (κ1) is 24.6. The summed E-state index contributed by atoms with van der Waals surface area (Å²) >= 11 is 0. The summed E-state index contributed by atoms with van der Waals surface area (Å²) in [5.74, 6) is -0.111. The van der Waals surface area contributed by atoms with Gasteiger partial charge in [0.05, 0.1) is 13.2 Å². The van der Waals surface area contributed by atoms with Crippen molar-refractivity contribution in [2.75, 3.05) is 13.7 Å². The lowest BCUT2D eigenvalue weighted by molar-refractivity contribution is -0.127. The number of benzene rings is 2. The van der Waals surface area contributed by atoms with E-state index in [-0.39, 0.29) is 17.6 Å². The van der Waals surface area contributed by atoms with Gasteiger partial charge < -0.3 is 19.9 Å². The summed E-state index contributed by atoms with van der Waals surface area (Å²) in [6.07, 6.45) is 3.02. The molecule has 37 heavy (non-hydrogen) atoms. The molecule has 3 unspecified atom stereocenters. The van der Waals surface area contributed by atoms with E-state index < -0.39 is 18.0 Å². The Bertz CT molecular complexity index is 1420. The molecule has 5 rings (SSSR count). The van der Waals surface area contributed by atoms with Crippen molar-refractivity contribution in [1.82, 2.24) is 15.2 Å². The summed E-state index contributed by atoms with van der Waals surface area (Å²) in [7, 11) is 1.58. The summed E-state index contributed by atoms with van der Waals surface area (Å²) in [5, 5.41) is 13.4. The number of carbonyl (C=O) groups excluding carboxylic acids is 3. The lowest BCUT2D eigenvalue weighted by Gasteiger charge is -2.37. The van der Waals surface area contributed by atoms with E-state index in [9.17, 15) is 19.6 Å². The van der Waals surface area contributed by atoms with Crippen molar-refractivity contribution in [3.05, 3.63) is 64.8 Å². The number of carbonyl (C=O) groups is 3. The van der Waals surface area contributed by atoms with Crippen molar-refractivity contribution >= 4 is 28.5 Å². The number of hydrogen-bond donors (Lipinski definition) is 2. The minimum atomic E-state index is -0.889. The van der Waals surface area contributed by atoms with Crippen LogP contribution < -0.4 is 10.1 Å². The number of aromatic amines is 1. The van der Waals surface area contributed by atoms with Crippen LogP contribution in [0.25, 0.3) is 10.9 Å². The van der Waals surface area contributed by atoms with Crippen LogP contribution in [0.1, 0.15) is 58.9 Å². The van der Waals surface area contributed by atoms with Gasteiger partial charge in [0.2, 0.25) is 5.91 Å². The lowest BCUT2D eigenvalue weighted by atomic mass is 9.88. The molecule has 0 spiro atoms. The normalized spacial score (nSPS) is 19.8. The number of fused-ring (bicyclic) bond motifs is 2. The zero-order chi connectivity index (χ0) is 26.1. The Kier molecular flexibility index (Phi) is 6.70. The van der Waals surface area contributed by atoms with Gasteiger partial charge in [0.1, 0.15) is 29.3 Å². The first-order valence-electron chi connectivity index (χ1n) is 12.7. The zero-order valence-corrected chi connectivity index (χ0v) is 21.0. The third-order valence-corrected chi connectivity index (χ3v) is 7.66. The third-order valence-electron chi connectivity index (χ3n) is 7.66. The second-order valence-corrected chi connectivity index (χ2v) is 9.88. The summed E-state index contributed by atoms with van der Waals surface area (Å²) in [5.41, 5.74) is 4.00. The largest absolute Gasteiger partial charge is 0.496 e. The van der Waals surface area contributed by atoms with Crippen molar-refractivity contribution in [2.24, 2.45) is 5.92 Å². The van der Waals surface area contributed by atoms with Gasteiger partial charge in [-0.15, -0.1) is 0 Å². The van der Waals surface area contributed by atoms with Crippen LogP contribution in [0.3, 0.4) is 0 Å². The molecule has 1 aliphatic heterocycles. The van der Waals surface area contributed by atoms with Crippen LogP contribution in [0.15, 0.2) is 42.5 Å². The molecule has 2 amide bonds. The van der Waals surface area contributed by atoms with Crippen LogP contribution in [0, 0.1) is 24.2 Å². The molecule has 2 aliphatic rings. The number of aromatic nitrogens is 1. The van der Waals surface area contributed by atoms with Crippen LogP contribution in [0.2, 0.25) is 0 Å². The Labute approximate surface area is 215 Å². The van der Waals surface area contributed by atoms with Gasteiger partial charge in [-0.2, -0.15) is 5.26 Å². The number of nitrogens with one attached hydrogen (secondary N) is 2. The van der Waals surface area contributed by atoms with Crippen LogP contribution in [0.5, 0.6) is 5.75 Å². The highest BCUT2D eigenvalue weighted by Crippen LogP contribution is 2.34.